The third kappa shape index (κ3) is 2.04. The van der Waals surface area contributed by atoms with E-state index in [-0.39, 0.29) is 12.6 Å². The number of aromatic nitrogens is 1. The van der Waals surface area contributed by atoms with Crippen LogP contribution in [0.1, 0.15) is 19.3 Å². The molecule has 2 rings (SSSR count). The Labute approximate surface area is 95.1 Å². The number of nitrogen functional groups attached to an aromatic ring is 2. The molecule has 1 saturated heterocycles. The van der Waals surface area contributed by atoms with Gasteiger partial charge in [-0.1, -0.05) is 0 Å². The molecule has 0 saturated carbocycles. The smallest absolute Gasteiger partial charge is 0.152 e. The summed E-state index contributed by atoms with van der Waals surface area (Å²) in [5, 5.41) is 9.33. The van der Waals surface area contributed by atoms with E-state index in [1.807, 2.05) is 0 Å². The molecule has 5 heteroatoms. The monoisotopic (exact) mass is 222 g/mol. The Morgan fingerprint density at radius 1 is 1.44 bits per heavy atom. The van der Waals surface area contributed by atoms with Crippen LogP contribution in [0.25, 0.3) is 0 Å². The molecular formula is C11H18N4O. The first-order chi connectivity index (χ1) is 7.72. The molecule has 1 aromatic rings. The molecule has 1 fully saturated rings. The van der Waals surface area contributed by atoms with Crippen LogP contribution in [-0.2, 0) is 0 Å². The van der Waals surface area contributed by atoms with E-state index in [0.29, 0.717) is 11.4 Å². The van der Waals surface area contributed by atoms with Crippen molar-refractivity contribution in [2.75, 3.05) is 29.5 Å². The second-order valence-electron chi connectivity index (χ2n) is 4.21. The zero-order chi connectivity index (χ0) is 11.5. The summed E-state index contributed by atoms with van der Waals surface area (Å²) < 4.78 is 0. The summed E-state index contributed by atoms with van der Waals surface area (Å²) in [5.41, 5.74) is 12.7. The molecule has 5 N–H and O–H groups in total. The molecule has 1 aliphatic rings. The van der Waals surface area contributed by atoms with Gasteiger partial charge in [0.1, 0.15) is 0 Å². The normalized spacial score (nSPS) is 21.1. The lowest BCUT2D eigenvalue weighted by molar-refractivity contribution is 0.239. The number of aliphatic hydroxyl groups excluding tert-OH is 1. The summed E-state index contributed by atoms with van der Waals surface area (Å²) in [4.78, 5) is 6.35. The van der Waals surface area contributed by atoms with Crippen LogP contribution in [0.2, 0.25) is 0 Å². The number of pyridine rings is 1. The minimum atomic E-state index is 0.132. The van der Waals surface area contributed by atoms with Crippen LogP contribution < -0.4 is 16.4 Å². The third-order valence-electron chi connectivity index (χ3n) is 3.03. The van der Waals surface area contributed by atoms with Crippen LogP contribution in [0.4, 0.5) is 17.2 Å². The molecule has 0 radical (unpaired) electrons. The van der Waals surface area contributed by atoms with E-state index in [9.17, 15) is 5.11 Å². The molecule has 1 aromatic heterocycles. The van der Waals surface area contributed by atoms with Crippen molar-refractivity contribution < 1.29 is 5.11 Å². The van der Waals surface area contributed by atoms with E-state index in [1.54, 1.807) is 12.3 Å². The average Bonchev–Trinajstić information content (AvgIpc) is 2.29. The number of nitrogens with two attached hydrogens (primary N) is 2. The van der Waals surface area contributed by atoms with Crippen molar-refractivity contribution in [1.82, 2.24) is 4.98 Å². The predicted molar refractivity (Wildman–Crippen MR) is 65.1 cm³/mol. The Balaban J connectivity index is 2.27. The van der Waals surface area contributed by atoms with Gasteiger partial charge < -0.3 is 21.5 Å². The molecule has 88 valence electrons. The Morgan fingerprint density at radius 3 is 2.94 bits per heavy atom. The maximum atomic E-state index is 9.33. The van der Waals surface area contributed by atoms with Gasteiger partial charge in [0, 0.05) is 6.54 Å². The van der Waals surface area contributed by atoms with Gasteiger partial charge in [0.15, 0.2) is 5.82 Å². The maximum Gasteiger partial charge on any atom is 0.152 e. The number of rotatable bonds is 2. The molecule has 1 unspecified atom stereocenters. The molecule has 0 amide bonds. The second kappa shape index (κ2) is 4.57. The predicted octanol–water partition coefficient (Wildman–Crippen LogP) is 0.597. The van der Waals surface area contributed by atoms with Gasteiger partial charge >= 0.3 is 0 Å². The number of piperidine rings is 1. The van der Waals surface area contributed by atoms with Crippen LogP contribution in [0, 0.1) is 0 Å². The summed E-state index contributed by atoms with van der Waals surface area (Å²) in [6, 6.07) is 1.85. The Morgan fingerprint density at radius 2 is 2.25 bits per heavy atom. The van der Waals surface area contributed by atoms with E-state index in [0.717, 1.165) is 31.6 Å². The van der Waals surface area contributed by atoms with Crippen molar-refractivity contribution in [3.63, 3.8) is 0 Å². The standard InChI is InChI=1S/C11H18N4O/c12-8-5-10(13)11(14-6-8)15-4-2-1-3-9(15)7-16/h5-6,9,16H,1-4,7,12-13H2. The fourth-order valence-electron chi connectivity index (χ4n) is 2.20. The van der Waals surface area contributed by atoms with E-state index >= 15 is 0 Å². The number of hydrogen-bond donors (Lipinski definition) is 3. The van der Waals surface area contributed by atoms with E-state index < -0.39 is 0 Å². The van der Waals surface area contributed by atoms with Gasteiger partial charge in [-0.3, -0.25) is 0 Å². The number of aliphatic hydroxyl groups is 1. The summed E-state index contributed by atoms with van der Waals surface area (Å²) in [6.45, 7) is 1.04. The first-order valence-corrected chi connectivity index (χ1v) is 5.61. The van der Waals surface area contributed by atoms with Crippen molar-refractivity contribution >= 4 is 17.2 Å². The van der Waals surface area contributed by atoms with E-state index in [4.69, 9.17) is 11.5 Å². The maximum absolute atomic E-state index is 9.33. The SMILES string of the molecule is Nc1cnc(N2CCCCC2CO)c(N)c1. The van der Waals surface area contributed by atoms with Crippen LogP contribution in [0.3, 0.4) is 0 Å². The second-order valence-corrected chi connectivity index (χ2v) is 4.21. The van der Waals surface area contributed by atoms with Gasteiger partial charge in [-0.15, -0.1) is 0 Å². The molecule has 0 aliphatic carbocycles. The fraction of sp³-hybridized carbons (Fsp3) is 0.545. The lowest BCUT2D eigenvalue weighted by atomic mass is 10.0. The zero-order valence-corrected chi connectivity index (χ0v) is 9.26. The minimum Gasteiger partial charge on any atom is -0.397 e. The molecular weight excluding hydrogens is 204 g/mol. The van der Waals surface area contributed by atoms with Gasteiger partial charge in [0.2, 0.25) is 0 Å². The first-order valence-electron chi connectivity index (χ1n) is 5.61. The minimum absolute atomic E-state index is 0.132. The molecule has 16 heavy (non-hydrogen) atoms. The zero-order valence-electron chi connectivity index (χ0n) is 9.26. The molecule has 1 aliphatic heterocycles. The molecule has 1 atom stereocenters. The summed E-state index contributed by atoms with van der Waals surface area (Å²) >= 11 is 0. The Bertz CT molecular complexity index is 369. The summed E-state index contributed by atoms with van der Waals surface area (Å²) in [6.07, 6.45) is 4.86. The fourth-order valence-corrected chi connectivity index (χ4v) is 2.20. The van der Waals surface area contributed by atoms with Crippen LogP contribution in [0.5, 0.6) is 0 Å². The van der Waals surface area contributed by atoms with Gasteiger partial charge in [-0.25, -0.2) is 4.98 Å². The lowest BCUT2D eigenvalue weighted by Crippen LogP contribution is -2.42. The molecule has 2 heterocycles. The molecule has 5 nitrogen and oxygen atoms in total. The van der Waals surface area contributed by atoms with Gasteiger partial charge in [0.05, 0.1) is 30.2 Å². The lowest BCUT2D eigenvalue weighted by Gasteiger charge is -2.36. The van der Waals surface area contributed by atoms with E-state index in [2.05, 4.69) is 9.88 Å². The quantitative estimate of drug-likeness (QED) is 0.682. The topological polar surface area (TPSA) is 88.4 Å². The Hall–Kier alpha value is -1.49. The van der Waals surface area contributed by atoms with Crippen molar-refractivity contribution in [2.24, 2.45) is 0 Å². The summed E-state index contributed by atoms with van der Waals surface area (Å²) in [7, 11) is 0. The van der Waals surface area contributed by atoms with Gasteiger partial charge in [0.25, 0.3) is 0 Å². The highest BCUT2D eigenvalue weighted by molar-refractivity contribution is 5.67. The third-order valence-corrected chi connectivity index (χ3v) is 3.03. The highest BCUT2D eigenvalue weighted by Crippen LogP contribution is 2.28. The Kier molecular flexibility index (Phi) is 3.14. The van der Waals surface area contributed by atoms with Crippen LogP contribution >= 0.6 is 0 Å². The highest BCUT2D eigenvalue weighted by Gasteiger charge is 2.24. The number of nitrogens with zero attached hydrogens (tertiary/aromatic N) is 2. The number of anilines is 3. The highest BCUT2D eigenvalue weighted by atomic mass is 16.3. The van der Waals surface area contributed by atoms with Crippen molar-refractivity contribution in [3.8, 4) is 0 Å². The molecule has 0 bridgehead atoms. The molecule has 0 aromatic carbocycles. The largest absolute Gasteiger partial charge is 0.397 e. The number of hydrogen-bond acceptors (Lipinski definition) is 5. The van der Waals surface area contributed by atoms with Gasteiger partial charge in [-0.2, -0.15) is 0 Å². The summed E-state index contributed by atoms with van der Waals surface area (Å²) in [5.74, 6) is 0.743. The molecule has 0 spiro atoms. The van der Waals surface area contributed by atoms with Crippen LogP contribution in [0.15, 0.2) is 12.3 Å². The average molecular weight is 222 g/mol. The van der Waals surface area contributed by atoms with Crippen molar-refractivity contribution in [1.29, 1.82) is 0 Å². The van der Waals surface area contributed by atoms with Crippen LogP contribution in [-0.4, -0.2) is 29.3 Å². The van der Waals surface area contributed by atoms with Gasteiger partial charge in [-0.05, 0) is 25.3 Å². The van der Waals surface area contributed by atoms with Crippen molar-refractivity contribution in [2.45, 2.75) is 25.3 Å². The first kappa shape index (κ1) is 11.0. The van der Waals surface area contributed by atoms with E-state index in [1.165, 1.54) is 0 Å². The van der Waals surface area contributed by atoms with Crippen molar-refractivity contribution in [3.05, 3.63) is 12.3 Å².